The maximum absolute atomic E-state index is 12.0. The highest BCUT2D eigenvalue weighted by Crippen LogP contribution is 2.11. The monoisotopic (exact) mass is 242 g/mol. The molecule has 17 heavy (non-hydrogen) atoms. The highest BCUT2D eigenvalue weighted by molar-refractivity contribution is 5.86. The molecule has 1 amide bonds. The Balaban J connectivity index is 2.20. The van der Waals surface area contributed by atoms with E-state index in [9.17, 15) is 4.79 Å². The summed E-state index contributed by atoms with van der Waals surface area (Å²) in [5, 5.41) is 3.22. The van der Waals surface area contributed by atoms with Gasteiger partial charge in [-0.15, -0.1) is 0 Å². The van der Waals surface area contributed by atoms with Crippen molar-refractivity contribution in [3.8, 4) is 0 Å². The molecule has 100 valence electrons. The van der Waals surface area contributed by atoms with E-state index in [1.165, 1.54) is 0 Å². The number of ether oxygens (including phenoxy) is 1. The second-order valence-electron chi connectivity index (χ2n) is 5.64. The standard InChI is InChI=1S/C13H26N2O2/c1-11(2)5-9-17-10-8-15-7-6-14-13(3,4)12(15)16/h11,14H,5-10H2,1-4H3. The highest BCUT2D eigenvalue weighted by Gasteiger charge is 2.34. The second kappa shape index (κ2) is 6.36. The number of piperazine rings is 1. The van der Waals surface area contributed by atoms with E-state index < -0.39 is 5.54 Å². The molecule has 0 aromatic rings. The number of carbonyl (C=O) groups is 1. The first-order valence-electron chi connectivity index (χ1n) is 6.55. The third kappa shape index (κ3) is 4.64. The summed E-state index contributed by atoms with van der Waals surface area (Å²) >= 11 is 0. The molecule has 0 aromatic heterocycles. The Bertz CT molecular complexity index is 252. The Morgan fingerprint density at radius 2 is 2.12 bits per heavy atom. The molecular weight excluding hydrogens is 216 g/mol. The Morgan fingerprint density at radius 3 is 2.76 bits per heavy atom. The third-order valence-electron chi connectivity index (χ3n) is 3.12. The van der Waals surface area contributed by atoms with Crippen LogP contribution in [0.5, 0.6) is 0 Å². The number of rotatable bonds is 6. The summed E-state index contributed by atoms with van der Waals surface area (Å²) in [5.74, 6) is 0.853. The van der Waals surface area contributed by atoms with E-state index in [1.807, 2.05) is 18.7 Å². The number of hydrogen-bond acceptors (Lipinski definition) is 3. The molecule has 1 aliphatic rings. The molecule has 0 aromatic carbocycles. The van der Waals surface area contributed by atoms with E-state index in [4.69, 9.17) is 4.74 Å². The van der Waals surface area contributed by atoms with Gasteiger partial charge in [-0.05, 0) is 26.2 Å². The molecular formula is C13H26N2O2. The van der Waals surface area contributed by atoms with Crippen LogP contribution in [0.15, 0.2) is 0 Å². The highest BCUT2D eigenvalue weighted by atomic mass is 16.5. The van der Waals surface area contributed by atoms with Crippen molar-refractivity contribution in [3.63, 3.8) is 0 Å². The van der Waals surface area contributed by atoms with Crippen LogP contribution in [0.2, 0.25) is 0 Å². The maximum atomic E-state index is 12.0. The molecule has 1 fully saturated rings. The molecule has 0 atom stereocenters. The SMILES string of the molecule is CC(C)CCOCCN1CCNC(C)(C)C1=O. The quantitative estimate of drug-likeness (QED) is 0.713. The summed E-state index contributed by atoms with van der Waals surface area (Å²) in [4.78, 5) is 13.9. The zero-order chi connectivity index (χ0) is 12.9. The van der Waals surface area contributed by atoms with Crippen molar-refractivity contribution in [1.82, 2.24) is 10.2 Å². The summed E-state index contributed by atoms with van der Waals surface area (Å²) in [5.41, 5.74) is -0.420. The average Bonchev–Trinajstić information content (AvgIpc) is 2.23. The van der Waals surface area contributed by atoms with Gasteiger partial charge < -0.3 is 15.0 Å². The third-order valence-corrected chi connectivity index (χ3v) is 3.12. The van der Waals surface area contributed by atoms with Crippen LogP contribution in [-0.2, 0) is 9.53 Å². The van der Waals surface area contributed by atoms with Crippen LogP contribution < -0.4 is 5.32 Å². The maximum Gasteiger partial charge on any atom is 0.242 e. The van der Waals surface area contributed by atoms with Crippen molar-refractivity contribution in [2.45, 2.75) is 39.7 Å². The van der Waals surface area contributed by atoms with Crippen LogP contribution in [0.1, 0.15) is 34.1 Å². The first-order chi connectivity index (χ1) is 7.93. The van der Waals surface area contributed by atoms with Crippen LogP contribution in [0.3, 0.4) is 0 Å². The number of hydrogen-bond donors (Lipinski definition) is 1. The van der Waals surface area contributed by atoms with E-state index in [0.29, 0.717) is 19.1 Å². The Morgan fingerprint density at radius 1 is 1.41 bits per heavy atom. The zero-order valence-electron chi connectivity index (χ0n) is 11.6. The van der Waals surface area contributed by atoms with Gasteiger partial charge in [-0.3, -0.25) is 4.79 Å². The number of nitrogens with zero attached hydrogens (tertiary/aromatic N) is 1. The molecule has 1 rings (SSSR count). The van der Waals surface area contributed by atoms with Gasteiger partial charge >= 0.3 is 0 Å². The van der Waals surface area contributed by atoms with E-state index in [0.717, 1.165) is 26.1 Å². The van der Waals surface area contributed by atoms with Crippen LogP contribution >= 0.6 is 0 Å². The zero-order valence-corrected chi connectivity index (χ0v) is 11.6. The molecule has 1 heterocycles. The van der Waals surface area contributed by atoms with E-state index >= 15 is 0 Å². The topological polar surface area (TPSA) is 41.6 Å². The van der Waals surface area contributed by atoms with Crippen LogP contribution in [0.25, 0.3) is 0 Å². The summed E-state index contributed by atoms with van der Waals surface area (Å²) in [6, 6.07) is 0. The van der Waals surface area contributed by atoms with Crippen LogP contribution in [0, 0.1) is 5.92 Å². The first kappa shape index (κ1) is 14.5. The molecule has 0 bridgehead atoms. The summed E-state index contributed by atoms with van der Waals surface area (Å²) in [6.45, 7) is 12.0. The average molecular weight is 242 g/mol. The van der Waals surface area contributed by atoms with E-state index in [1.54, 1.807) is 0 Å². The van der Waals surface area contributed by atoms with Crippen molar-refractivity contribution in [3.05, 3.63) is 0 Å². The normalized spacial score (nSPS) is 20.1. The molecule has 0 saturated carbocycles. The Hall–Kier alpha value is -0.610. The molecule has 1 aliphatic heterocycles. The molecule has 0 aliphatic carbocycles. The fourth-order valence-corrected chi connectivity index (χ4v) is 1.88. The minimum atomic E-state index is -0.420. The Kier molecular flexibility index (Phi) is 5.40. The smallest absolute Gasteiger partial charge is 0.242 e. The summed E-state index contributed by atoms with van der Waals surface area (Å²) < 4.78 is 5.55. The first-order valence-corrected chi connectivity index (χ1v) is 6.55. The molecule has 0 spiro atoms. The fourth-order valence-electron chi connectivity index (χ4n) is 1.88. The van der Waals surface area contributed by atoms with Crippen molar-refractivity contribution >= 4 is 5.91 Å². The second-order valence-corrected chi connectivity index (χ2v) is 5.64. The molecule has 0 radical (unpaired) electrons. The van der Waals surface area contributed by atoms with Crippen molar-refractivity contribution in [1.29, 1.82) is 0 Å². The minimum Gasteiger partial charge on any atom is -0.380 e. The lowest BCUT2D eigenvalue weighted by atomic mass is 10.0. The van der Waals surface area contributed by atoms with Gasteiger partial charge in [-0.1, -0.05) is 13.8 Å². The molecule has 1 N–H and O–H groups in total. The van der Waals surface area contributed by atoms with Gasteiger partial charge in [0.05, 0.1) is 12.1 Å². The molecule has 0 unspecified atom stereocenters. The van der Waals surface area contributed by atoms with Crippen molar-refractivity contribution in [2.75, 3.05) is 32.8 Å². The van der Waals surface area contributed by atoms with Gasteiger partial charge in [0.15, 0.2) is 0 Å². The fraction of sp³-hybridized carbons (Fsp3) is 0.923. The van der Waals surface area contributed by atoms with E-state index in [-0.39, 0.29) is 5.91 Å². The lowest BCUT2D eigenvalue weighted by Crippen LogP contribution is -2.61. The van der Waals surface area contributed by atoms with Gasteiger partial charge in [0.2, 0.25) is 5.91 Å². The number of nitrogens with one attached hydrogen (secondary N) is 1. The van der Waals surface area contributed by atoms with Gasteiger partial charge in [0.1, 0.15) is 0 Å². The molecule has 4 heteroatoms. The van der Waals surface area contributed by atoms with Crippen molar-refractivity contribution in [2.24, 2.45) is 5.92 Å². The summed E-state index contributed by atoms with van der Waals surface area (Å²) in [6.07, 6.45) is 1.08. The van der Waals surface area contributed by atoms with Gasteiger partial charge in [-0.2, -0.15) is 0 Å². The van der Waals surface area contributed by atoms with Crippen LogP contribution in [-0.4, -0.2) is 49.2 Å². The molecule has 4 nitrogen and oxygen atoms in total. The van der Waals surface area contributed by atoms with Crippen LogP contribution in [0.4, 0.5) is 0 Å². The number of carbonyl (C=O) groups excluding carboxylic acids is 1. The van der Waals surface area contributed by atoms with Gasteiger partial charge in [0.25, 0.3) is 0 Å². The predicted molar refractivity (Wildman–Crippen MR) is 68.9 cm³/mol. The Labute approximate surface area is 105 Å². The van der Waals surface area contributed by atoms with Gasteiger partial charge in [-0.25, -0.2) is 0 Å². The molecule has 1 saturated heterocycles. The van der Waals surface area contributed by atoms with Crippen molar-refractivity contribution < 1.29 is 9.53 Å². The lowest BCUT2D eigenvalue weighted by molar-refractivity contribution is -0.140. The lowest BCUT2D eigenvalue weighted by Gasteiger charge is -2.38. The van der Waals surface area contributed by atoms with Gasteiger partial charge in [0, 0.05) is 26.2 Å². The summed E-state index contributed by atoms with van der Waals surface area (Å²) in [7, 11) is 0. The largest absolute Gasteiger partial charge is 0.380 e. The number of amides is 1. The predicted octanol–water partition coefficient (Wildman–Crippen LogP) is 1.26. The minimum absolute atomic E-state index is 0.177. The van der Waals surface area contributed by atoms with E-state index in [2.05, 4.69) is 19.2 Å².